The van der Waals surface area contributed by atoms with Crippen LogP contribution in [0.1, 0.15) is 0 Å². The van der Waals surface area contributed by atoms with E-state index in [2.05, 4.69) is 190 Å². The van der Waals surface area contributed by atoms with Gasteiger partial charge in [0.2, 0.25) is 0 Å². The Kier molecular flexibility index (Phi) is 5.92. The van der Waals surface area contributed by atoms with Crippen LogP contribution >= 0.6 is 0 Å². The van der Waals surface area contributed by atoms with E-state index in [-0.39, 0.29) is 0 Å². The smallest absolute Gasteiger partial charge is 0.0944 e. The van der Waals surface area contributed by atoms with Crippen LogP contribution in [0, 0.1) is 0 Å². The quantitative estimate of drug-likeness (QED) is 0.186. The van der Waals surface area contributed by atoms with Crippen LogP contribution in [-0.2, 0) is 0 Å². The number of rotatable bonds is 4. The lowest BCUT2D eigenvalue weighted by atomic mass is 10.1. The Hall–Kier alpha value is -6.91. The maximum absolute atomic E-state index is 5.38. The molecule has 0 bridgehead atoms. The molecule has 0 unspecified atom stereocenters. The standard InChI is InChI=1S/C47H30N4/c1-7-22-40-34(16-1)35-17-2-8-23-41(35)49(40)32-15-13-14-31(28-32)47-46(51-44-26-11-5-20-38(44)39-21-6-12-27-45(39)51)29-33(30-48-47)50-42-24-9-3-18-36(42)37-19-4-10-25-43(37)50/h1-30H. The molecular weight excluding hydrogens is 621 g/mol. The molecule has 4 aromatic heterocycles. The molecule has 238 valence electrons. The maximum atomic E-state index is 5.38. The van der Waals surface area contributed by atoms with Gasteiger partial charge in [-0.1, -0.05) is 121 Å². The molecule has 11 rings (SSSR count). The van der Waals surface area contributed by atoms with Gasteiger partial charge in [0, 0.05) is 43.6 Å². The Morgan fingerprint density at radius 1 is 0.314 bits per heavy atom. The van der Waals surface area contributed by atoms with Crippen LogP contribution in [0.3, 0.4) is 0 Å². The van der Waals surface area contributed by atoms with E-state index in [1.165, 1.54) is 43.4 Å². The lowest BCUT2D eigenvalue weighted by molar-refractivity contribution is 1.09. The predicted molar refractivity (Wildman–Crippen MR) is 213 cm³/mol. The number of pyridine rings is 1. The van der Waals surface area contributed by atoms with Crippen molar-refractivity contribution in [2.45, 2.75) is 0 Å². The summed E-state index contributed by atoms with van der Waals surface area (Å²) in [6, 6.07) is 63.2. The molecule has 0 amide bonds. The minimum Gasteiger partial charge on any atom is -0.309 e. The van der Waals surface area contributed by atoms with Crippen LogP contribution in [0.5, 0.6) is 0 Å². The van der Waals surface area contributed by atoms with Gasteiger partial charge in [0.15, 0.2) is 0 Å². The molecule has 4 nitrogen and oxygen atoms in total. The van der Waals surface area contributed by atoms with Crippen LogP contribution < -0.4 is 0 Å². The second kappa shape index (κ2) is 10.8. The molecule has 0 aliphatic rings. The molecular formula is C47H30N4. The van der Waals surface area contributed by atoms with Crippen molar-refractivity contribution in [1.29, 1.82) is 0 Å². The van der Waals surface area contributed by atoms with Crippen molar-refractivity contribution in [2.24, 2.45) is 0 Å². The van der Waals surface area contributed by atoms with E-state index in [1.807, 2.05) is 6.20 Å². The van der Waals surface area contributed by atoms with Gasteiger partial charge < -0.3 is 13.7 Å². The molecule has 0 aliphatic heterocycles. The lowest BCUT2D eigenvalue weighted by Crippen LogP contribution is -2.04. The third-order valence-electron chi connectivity index (χ3n) is 10.5. The molecule has 51 heavy (non-hydrogen) atoms. The number of benzene rings is 7. The second-order valence-corrected chi connectivity index (χ2v) is 13.2. The van der Waals surface area contributed by atoms with Gasteiger partial charge >= 0.3 is 0 Å². The molecule has 4 heteroatoms. The van der Waals surface area contributed by atoms with E-state index in [0.717, 1.165) is 50.4 Å². The fourth-order valence-electron chi connectivity index (χ4n) is 8.33. The molecule has 0 N–H and O–H groups in total. The van der Waals surface area contributed by atoms with Gasteiger partial charge in [-0.3, -0.25) is 4.98 Å². The van der Waals surface area contributed by atoms with Crippen molar-refractivity contribution in [3.8, 4) is 28.3 Å². The number of aromatic nitrogens is 4. The normalized spacial score (nSPS) is 11.9. The lowest BCUT2D eigenvalue weighted by Gasteiger charge is -2.17. The van der Waals surface area contributed by atoms with Crippen LogP contribution in [0.25, 0.3) is 93.7 Å². The molecule has 0 radical (unpaired) electrons. The van der Waals surface area contributed by atoms with E-state index in [0.29, 0.717) is 0 Å². The Bertz CT molecular complexity index is 2990. The van der Waals surface area contributed by atoms with E-state index in [4.69, 9.17) is 4.98 Å². The highest BCUT2D eigenvalue weighted by Crippen LogP contribution is 2.39. The summed E-state index contributed by atoms with van der Waals surface area (Å²) >= 11 is 0. The second-order valence-electron chi connectivity index (χ2n) is 13.2. The monoisotopic (exact) mass is 650 g/mol. The van der Waals surface area contributed by atoms with Crippen LogP contribution in [0.15, 0.2) is 182 Å². The zero-order valence-corrected chi connectivity index (χ0v) is 27.6. The number of fused-ring (bicyclic) bond motifs is 9. The number of hydrogen-bond acceptors (Lipinski definition) is 1. The maximum Gasteiger partial charge on any atom is 0.0944 e. The first kappa shape index (κ1) is 28.0. The van der Waals surface area contributed by atoms with Gasteiger partial charge in [-0.2, -0.15) is 0 Å². The third-order valence-corrected chi connectivity index (χ3v) is 10.5. The van der Waals surface area contributed by atoms with Gasteiger partial charge in [-0.05, 0) is 54.6 Å². The summed E-state index contributed by atoms with van der Waals surface area (Å²) < 4.78 is 7.13. The molecule has 4 heterocycles. The first-order valence-corrected chi connectivity index (χ1v) is 17.4. The summed E-state index contributed by atoms with van der Waals surface area (Å²) in [5.41, 5.74) is 12.1. The van der Waals surface area contributed by atoms with Gasteiger partial charge in [-0.15, -0.1) is 0 Å². The van der Waals surface area contributed by atoms with Crippen molar-refractivity contribution in [3.05, 3.63) is 182 Å². The van der Waals surface area contributed by atoms with E-state index in [1.54, 1.807) is 0 Å². The topological polar surface area (TPSA) is 27.7 Å². The Labute approximate surface area is 293 Å². The van der Waals surface area contributed by atoms with Gasteiger partial charge in [0.25, 0.3) is 0 Å². The van der Waals surface area contributed by atoms with Gasteiger partial charge in [-0.25, -0.2) is 0 Å². The highest BCUT2D eigenvalue weighted by atomic mass is 15.0. The molecule has 0 aliphatic carbocycles. The molecule has 11 aromatic rings. The van der Waals surface area contributed by atoms with Gasteiger partial charge in [0.1, 0.15) is 0 Å². The van der Waals surface area contributed by atoms with E-state index < -0.39 is 0 Å². The molecule has 7 aromatic carbocycles. The number of nitrogens with zero attached hydrogens (tertiary/aromatic N) is 4. The molecule has 0 fully saturated rings. The highest BCUT2D eigenvalue weighted by molar-refractivity contribution is 6.11. The summed E-state index contributed by atoms with van der Waals surface area (Å²) in [4.78, 5) is 5.38. The summed E-state index contributed by atoms with van der Waals surface area (Å²) in [6.45, 7) is 0. The first-order chi connectivity index (χ1) is 25.3. The fourth-order valence-corrected chi connectivity index (χ4v) is 8.33. The minimum absolute atomic E-state index is 0.925. The van der Waals surface area contributed by atoms with Crippen LogP contribution in [0.2, 0.25) is 0 Å². The number of para-hydroxylation sites is 6. The van der Waals surface area contributed by atoms with Gasteiger partial charge in [0.05, 0.1) is 56.4 Å². The zero-order chi connectivity index (χ0) is 33.5. The number of hydrogen-bond donors (Lipinski definition) is 0. The van der Waals surface area contributed by atoms with E-state index in [9.17, 15) is 0 Å². The summed E-state index contributed by atoms with van der Waals surface area (Å²) in [6.07, 6.45) is 2.04. The Morgan fingerprint density at radius 3 is 1.12 bits per heavy atom. The summed E-state index contributed by atoms with van der Waals surface area (Å²) in [5, 5.41) is 7.40. The van der Waals surface area contributed by atoms with Crippen LogP contribution in [0.4, 0.5) is 0 Å². The SMILES string of the molecule is c1cc(-c2ncc(-n3c4ccccc4c4ccccc43)cc2-n2c3ccccc3c3ccccc32)cc(-n2c3ccccc3c3ccccc32)c1. The molecule has 0 saturated heterocycles. The molecule has 0 saturated carbocycles. The Morgan fingerprint density at radius 2 is 0.686 bits per heavy atom. The average molecular weight is 651 g/mol. The largest absolute Gasteiger partial charge is 0.309 e. The first-order valence-electron chi connectivity index (χ1n) is 17.4. The minimum atomic E-state index is 0.925. The van der Waals surface area contributed by atoms with E-state index >= 15 is 0 Å². The summed E-state index contributed by atoms with van der Waals surface area (Å²) in [7, 11) is 0. The Balaban J connectivity index is 1.22. The van der Waals surface area contributed by atoms with Crippen molar-refractivity contribution in [2.75, 3.05) is 0 Å². The van der Waals surface area contributed by atoms with Crippen molar-refractivity contribution in [3.63, 3.8) is 0 Å². The predicted octanol–water partition coefficient (Wildman–Crippen LogP) is 12.0. The molecule has 0 atom stereocenters. The van der Waals surface area contributed by atoms with Crippen LogP contribution in [-0.4, -0.2) is 18.7 Å². The van der Waals surface area contributed by atoms with Crippen molar-refractivity contribution >= 4 is 65.4 Å². The van der Waals surface area contributed by atoms with Crippen molar-refractivity contribution < 1.29 is 0 Å². The highest BCUT2D eigenvalue weighted by Gasteiger charge is 2.20. The summed E-state index contributed by atoms with van der Waals surface area (Å²) in [5.74, 6) is 0. The zero-order valence-electron chi connectivity index (χ0n) is 27.6. The average Bonchev–Trinajstić information content (AvgIpc) is 3.84. The third kappa shape index (κ3) is 4.05. The van der Waals surface area contributed by atoms with Crippen molar-refractivity contribution in [1.82, 2.24) is 18.7 Å². The fraction of sp³-hybridized carbons (Fsp3) is 0. The molecule has 0 spiro atoms.